The summed E-state index contributed by atoms with van der Waals surface area (Å²) in [4.78, 5) is 26.4. The van der Waals surface area contributed by atoms with E-state index in [4.69, 9.17) is 0 Å². The Kier molecular flexibility index (Phi) is 5.76. The molecule has 1 aliphatic heterocycles. The molecule has 1 atom stereocenters. The van der Waals surface area contributed by atoms with Gasteiger partial charge in [-0.2, -0.15) is 0 Å². The first-order valence-corrected chi connectivity index (χ1v) is 8.21. The van der Waals surface area contributed by atoms with Crippen LogP contribution in [0.1, 0.15) is 30.2 Å². The van der Waals surface area contributed by atoms with Crippen molar-refractivity contribution in [2.75, 3.05) is 19.6 Å². The lowest BCUT2D eigenvalue weighted by Crippen LogP contribution is -2.49. The van der Waals surface area contributed by atoms with Crippen molar-refractivity contribution in [3.05, 3.63) is 21.9 Å². The smallest absolute Gasteiger partial charge is 0.234 e. The summed E-state index contributed by atoms with van der Waals surface area (Å²) in [7, 11) is 0. The predicted molar refractivity (Wildman–Crippen MR) is 84.2 cm³/mol. The van der Waals surface area contributed by atoms with E-state index in [1.165, 1.54) is 17.4 Å². The number of amides is 2. The SMILES string of the molecule is CC(=O)NC1CCCN(CC(=O)NCc2sccc2C)C1. The van der Waals surface area contributed by atoms with Gasteiger partial charge < -0.3 is 10.6 Å². The molecule has 0 saturated carbocycles. The Bertz CT molecular complexity index is 501. The fraction of sp³-hybridized carbons (Fsp3) is 0.600. The van der Waals surface area contributed by atoms with Crippen molar-refractivity contribution in [3.8, 4) is 0 Å². The molecular weight excluding hydrogens is 286 g/mol. The minimum absolute atomic E-state index is 0.000489. The van der Waals surface area contributed by atoms with Gasteiger partial charge in [-0.25, -0.2) is 0 Å². The van der Waals surface area contributed by atoms with Crippen LogP contribution < -0.4 is 10.6 Å². The highest BCUT2D eigenvalue weighted by molar-refractivity contribution is 7.10. The fourth-order valence-electron chi connectivity index (χ4n) is 2.63. The summed E-state index contributed by atoms with van der Waals surface area (Å²) in [6.45, 7) is 6.27. The lowest BCUT2D eigenvalue weighted by atomic mass is 10.1. The molecule has 2 heterocycles. The van der Waals surface area contributed by atoms with E-state index in [2.05, 4.69) is 28.5 Å². The van der Waals surface area contributed by atoms with Crippen molar-refractivity contribution in [1.29, 1.82) is 0 Å². The Hall–Kier alpha value is -1.40. The summed E-state index contributed by atoms with van der Waals surface area (Å²) in [6.07, 6.45) is 2.01. The Labute approximate surface area is 129 Å². The average molecular weight is 309 g/mol. The molecule has 1 unspecified atom stereocenters. The number of nitrogens with one attached hydrogen (secondary N) is 2. The number of piperidine rings is 1. The van der Waals surface area contributed by atoms with E-state index in [0.717, 1.165) is 25.9 Å². The minimum atomic E-state index is -0.000489. The molecule has 2 amide bonds. The number of rotatable bonds is 5. The van der Waals surface area contributed by atoms with Crippen LogP contribution in [-0.2, 0) is 16.1 Å². The van der Waals surface area contributed by atoms with Crippen molar-refractivity contribution in [2.45, 2.75) is 39.3 Å². The molecular formula is C15H23N3O2S. The molecule has 2 rings (SSSR count). The lowest BCUT2D eigenvalue weighted by molar-refractivity contribution is -0.122. The van der Waals surface area contributed by atoms with Gasteiger partial charge in [-0.15, -0.1) is 11.3 Å². The third-order valence-corrected chi connectivity index (χ3v) is 4.72. The van der Waals surface area contributed by atoms with Gasteiger partial charge in [0.25, 0.3) is 0 Å². The van der Waals surface area contributed by atoms with Crippen LogP contribution in [0, 0.1) is 6.92 Å². The van der Waals surface area contributed by atoms with E-state index in [1.54, 1.807) is 11.3 Å². The van der Waals surface area contributed by atoms with Crippen molar-refractivity contribution in [2.24, 2.45) is 0 Å². The predicted octanol–water partition coefficient (Wildman–Crippen LogP) is 1.27. The van der Waals surface area contributed by atoms with E-state index in [-0.39, 0.29) is 17.9 Å². The van der Waals surface area contributed by atoms with Gasteiger partial charge >= 0.3 is 0 Å². The van der Waals surface area contributed by atoms with Crippen molar-refractivity contribution >= 4 is 23.2 Å². The van der Waals surface area contributed by atoms with Crippen LogP contribution in [0.2, 0.25) is 0 Å². The van der Waals surface area contributed by atoms with E-state index in [0.29, 0.717) is 13.1 Å². The van der Waals surface area contributed by atoms with E-state index >= 15 is 0 Å². The highest BCUT2D eigenvalue weighted by Crippen LogP contribution is 2.15. The molecule has 5 nitrogen and oxygen atoms in total. The van der Waals surface area contributed by atoms with Gasteiger partial charge in [-0.3, -0.25) is 14.5 Å². The zero-order chi connectivity index (χ0) is 15.2. The Balaban J connectivity index is 1.74. The van der Waals surface area contributed by atoms with Crippen LogP contribution in [0.5, 0.6) is 0 Å². The number of hydrogen-bond donors (Lipinski definition) is 2. The van der Waals surface area contributed by atoms with E-state index < -0.39 is 0 Å². The average Bonchev–Trinajstić information content (AvgIpc) is 2.81. The van der Waals surface area contributed by atoms with Crippen LogP contribution in [0.3, 0.4) is 0 Å². The first-order chi connectivity index (χ1) is 10.0. The number of hydrogen-bond acceptors (Lipinski definition) is 4. The molecule has 0 bridgehead atoms. The topological polar surface area (TPSA) is 61.4 Å². The standard InChI is InChI=1S/C15H23N3O2S/c1-11-5-7-21-14(11)8-16-15(20)10-18-6-3-4-13(9-18)17-12(2)19/h5,7,13H,3-4,6,8-10H2,1-2H3,(H,16,20)(H,17,19). The number of carbonyl (C=O) groups is 2. The quantitative estimate of drug-likeness (QED) is 0.861. The molecule has 6 heteroatoms. The Morgan fingerprint density at radius 2 is 2.29 bits per heavy atom. The molecule has 0 spiro atoms. The number of nitrogens with zero attached hydrogens (tertiary/aromatic N) is 1. The first kappa shape index (κ1) is 16.0. The molecule has 0 radical (unpaired) electrons. The zero-order valence-electron chi connectivity index (χ0n) is 12.6. The number of thiophene rings is 1. The zero-order valence-corrected chi connectivity index (χ0v) is 13.5. The summed E-state index contributed by atoms with van der Waals surface area (Å²) in [5.74, 6) is 0.0470. The largest absolute Gasteiger partial charge is 0.352 e. The van der Waals surface area contributed by atoms with Gasteiger partial charge in [0.1, 0.15) is 0 Å². The van der Waals surface area contributed by atoms with Crippen LogP contribution in [0.15, 0.2) is 11.4 Å². The van der Waals surface area contributed by atoms with Gasteiger partial charge in [-0.05, 0) is 43.3 Å². The van der Waals surface area contributed by atoms with Crippen molar-refractivity contribution < 1.29 is 9.59 Å². The van der Waals surface area contributed by atoms with E-state index in [9.17, 15) is 9.59 Å². The highest BCUT2D eigenvalue weighted by atomic mass is 32.1. The molecule has 1 aromatic rings. The van der Waals surface area contributed by atoms with Crippen molar-refractivity contribution in [3.63, 3.8) is 0 Å². The van der Waals surface area contributed by atoms with Crippen LogP contribution >= 0.6 is 11.3 Å². The van der Waals surface area contributed by atoms with Crippen LogP contribution in [0.4, 0.5) is 0 Å². The maximum absolute atomic E-state index is 12.0. The summed E-state index contributed by atoms with van der Waals surface area (Å²) >= 11 is 1.67. The van der Waals surface area contributed by atoms with Gasteiger partial charge in [0.2, 0.25) is 11.8 Å². The number of aryl methyl sites for hydroxylation is 1. The molecule has 1 saturated heterocycles. The number of likely N-dealkylation sites (tertiary alicyclic amines) is 1. The Morgan fingerprint density at radius 1 is 1.48 bits per heavy atom. The van der Waals surface area contributed by atoms with Crippen LogP contribution in [0.25, 0.3) is 0 Å². The third-order valence-electron chi connectivity index (χ3n) is 3.69. The lowest BCUT2D eigenvalue weighted by Gasteiger charge is -2.32. The minimum Gasteiger partial charge on any atom is -0.352 e. The molecule has 1 aliphatic rings. The maximum Gasteiger partial charge on any atom is 0.234 e. The van der Waals surface area contributed by atoms with Gasteiger partial charge in [-0.1, -0.05) is 0 Å². The molecule has 0 aromatic carbocycles. The summed E-state index contributed by atoms with van der Waals surface area (Å²) in [6, 6.07) is 2.23. The molecule has 2 N–H and O–H groups in total. The maximum atomic E-state index is 12.0. The van der Waals surface area contributed by atoms with E-state index in [1.807, 2.05) is 5.38 Å². The van der Waals surface area contributed by atoms with Gasteiger partial charge in [0.05, 0.1) is 13.1 Å². The molecule has 1 fully saturated rings. The summed E-state index contributed by atoms with van der Waals surface area (Å²) < 4.78 is 0. The third kappa shape index (κ3) is 5.13. The second-order valence-corrected chi connectivity index (χ2v) is 6.58. The van der Waals surface area contributed by atoms with Crippen molar-refractivity contribution in [1.82, 2.24) is 15.5 Å². The monoisotopic (exact) mass is 309 g/mol. The normalized spacial score (nSPS) is 19.2. The first-order valence-electron chi connectivity index (χ1n) is 7.33. The number of carbonyl (C=O) groups excluding carboxylic acids is 2. The Morgan fingerprint density at radius 3 is 2.95 bits per heavy atom. The van der Waals surface area contributed by atoms with Crippen LogP contribution in [-0.4, -0.2) is 42.4 Å². The van der Waals surface area contributed by atoms with Gasteiger partial charge in [0.15, 0.2) is 0 Å². The fourth-order valence-corrected chi connectivity index (χ4v) is 3.47. The summed E-state index contributed by atoms with van der Waals surface area (Å²) in [5.41, 5.74) is 1.23. The molecule has 21 heavy (non-hydrogen) atoms. The second kappa shape index (κ2) is 7.56. The molecule has 116 valence electrons. The molecule has 0 aliphatic carbocycles. The summed E-state index contributed by atoms with van der Waals surface area (Å²) in [5, 5.41) is 7.95. The highest BCUT2D eigenvalue weighted by Gasteiger charge is 2.21. The molecule has 1 aromatic heterocycles. The second-order valence-electron chi connectivity index (χ2n) is 5.58. The van der Waals surface area contributed by atoms with Gasteiger partial charge in [0, 0.05) is 24.4 Å².